The number of rotatable bonds is 4. The van der Waals surface area contributed by atoms with E-state index in [9.17, 15) is 0 Å². The maximum atomic E-state index is 5.76. The van der Waals surface area contributed by atoms with E-state index in [0.717, 1.165) is 17.1 Å². The van der Waals surface area contributed by atoms with Gasteiger partial charge in [0.05, 0.1) is 0 Å². The fraction of sp³-hybridized carbons (Fsp3) is 0.400. The summed E-state index contributed by atoms with van der Waals surface area (Å²) in [7, 11) is 0. The van der Waals surface area contributed by atoms with Crippen LogP contribution in [-0.2, 0) is 0 Å². The van der Waals surface area contributed by atoms with Gasteiger partial charge in [-0.2, -0.15) is 0 Å². The monoisotopic (exact) mass is 198 g/mol. The van der Waals surface area contributed by atoms with Gasteiger partial charge in [-0.25, -0.2) is 0 Å². The van der Waals surface area contributed by atoms with Crippen LogP contribution in [0.3, 0.4) is 0 Å². The van der Waals surface area contributed by atoms with Crippen LogP contribution in [-0.4, -0.2) is 12.6 Å². The summed E-state index contributed by atoms with van der Waals surface area (Å²) >= 11 is 5.76. The summed E-state index contributed by atoms with van der Waals surface area (Å²) in [5.74, 6) is 0. The standard InChI is InChI=1S/C10H15ClN2/c1-8(6-7-12)13-10-4-2-9(11)3-5-10/h2-5,8,13H,6-7,12H2,1H3. The van der Waals surface area contributed by atoms with E-state index < -0.39 is 0 Å². The van der Waals surface area contributed by atoms with Crippen LogP contribution < -0.4 is 11.1 Å². The first-order chi connectivity index (χ1) is 6.22. The second kappa shape index (κ2) is 5.10. The number of hydrogen-bond donors (Lipinski definition) is 2. The lowest BCUT2D eigenvalue weighted by Gasteiger charge is -2.13. The normalized spacial score (nSPS) is 12.5. The van der Waals surface area contributed by atoms with Crippen LogP contribution in [0.2, 0.25) is 5.02 Å². The number of anilines is 1. The maximum Gasteiger partial charge on any atom is 0.0407 e. The second-order valence-corrected chi connectivity index (χ2v) is 3.57. The lowest BCUT2D eigenvalue weighted by atomic mass is 10.2. The molecule has 13 heavy (non-hydrogen) atoms. The van der Waals surface area contributed by atoms with E-state index in [1.165, 1.54) is 0 Å². The molecule has 0 bridgehead atoms. The quantitative estimate of drug-likeness (QED) is 0.780. The number of nitrogens with two attached hydrogens (primary N) is 1. The molecule has 0 aliphatic heterocycles. The summed E-state index contributed by atoms with van der Waals surface area (Å²) in [5.41, 5.74) is 6.53. The molecule has 0 heterocycles. The Morgan fingerprint density at radius 2 is 2.00 bits per heavy atom. The van der Waals surface area contributed by atoms with Crippen LogP contribution in [0.4, 0.5) is 5.69 Å². The van der Waals surface area contributed by atoms with Gasteiger partial charge in [-0.05, 0) is 44.2 Å². The van der Waals surface area contributed by atoms with Crippen molar-refractivity contribution >= 4 is 17.3 Å². The van der Waals surface area contributed by atoms with Gasteiger partial charge in [0.1, 0.15) is 0 Å². The Labute approximate surface area is 84.1 Å². The van der Waals surface area contributed by atoms with Crippen molar-refractivity contribution in [2.45, 2.75) is 19.4 Å². The lowest BCUT2D eigenvalue weighted by molar-refractivity contribution is 0.717. The first-order valence-electron chi connectivity index (χ1n) is 4.44. The summed E-state index contributed by atoms with van der Waals surface area (Å²) in [6, 6.07) is 8.09. The average Bonchev–Trinajstić information content (AvgIpc) is 2.09. The number of halogens is 1. The summed E-state index contributed by atoms with van der Waals surface area (Å²) in [6.45, 7) is 2.82. The van der Waals surface area contributed by atoms with Crippen molar-refractivity contribution in [2.75, 3.05) is 11.9 Å². The van der Waals surface area contributed by atoms with Gasteiger partial charge in [0, 0.05) is 16.8 Å². The van der Waals surface area contributed by atoms with Gasteiger partial charge in [-0.3, -0.25) is 0 Å². The van der Waals surface area contributed by atoms with E-state index in [4.69, 9.17) is 17.3 Å². The molecule has 1 rings (SSSR count). The van der Waals surface area contributed by atoms with E-state index in [2.05, 4.69) is 12.2 Å². The van der Waals surface area contributed by atoms with Crippen molar-refractivity contribution in [3.63, 3.8) is 0 Å². The molecule has 1 aromatic rings. The molecule has 0 aliphatic rings. The third kappa shape index (κ3) is 3.66. The van der Waals surface area contributed by atoms with Gasteiger partial charge >= 0.3 is 0 Å². The number of hydrogen-bond acceptors (Lipinski definition) is 2. The minimum Gasteiger partial charge on any atom is -0.383 e. The smallest absolute Gasteiger partial charge is 0.0407 e. The largest absolute Gasteiger partial charge is 0.383 e. The highest BCUT2D eigenvalue weighted by Crippen LogP contribution is 2.14. The van der Waals surface area contributed by atoms with E-state index in [0.29, 0.717) is 12.6 Å². The average molecular weight is 199 g/mol. The minimum absolute atomic E-state index is 0.408. The summed E-state index contributed by atoms with van der Waals surface area (Å²) in [6.07, 6.45) is 0.975. The van der Waals surface area contributed by atoms with Gasteiger partial charge in [-0.1, -0.05) is 11.6 Å². The van der Waals surface area contributed by atoms with Gasteiger partial charge < -0.3 is 11.1 Å². The third-order valence-corrected chi connectivity index (χ3v) is 2.11. The number of benzene rings is 1. The fourth-order valence-corrected chi connectivity index (χ4v) is 1.28. The number of nitrogens with one attached hydrogen (secondary N) is 1. The highest BCUT2D eigenvalue weighted by Gasteiger charge is 1.99. The molecule has 0 spiro atoms. The zero-order valence-electron chi connectivity index (χ0n) is 7.76. The van der Waals surface area contributed by atoms with Crippen LogP contribution in [0.5, 0.6) is 0 Å². The molecule has 0 aromatic heterocycles. The van der Waals surface area contributed by atoms with Crippen molar-refractivity contribution in [3.05, 3.63) is 29.3 Å². The van der Waals surface area contributed by atoms with Crippen LogP contribution in [0, 0.1) is 0 Å². The molecular weight excluding hydrogens is 184 g/mol. The van der Waals surface area contributed by atoms with E-state index in [1.54, 1.807) is 0 Å². The van der Waals surface area contributed by atoms with Gasteiger partial charge in [-0.15, -0.1) is 0 Å². The Morgan fingerprint density at radius 1 is 1.38 bits per heavy atom. The predicted octanol–water partition coefficient (Wildman–Crippen LogP) is 2.49. The molecule has 0 radical (unpaired) electrons. The summed E-state index contributed by atoms with van der Waals surface area (Å²) in [5, 5.41) is 4.09. The molecule has 3 N–H and O–H groups in total. The molecule has 0 aliphatic carbocycles. The lowest BCUT2D eigenvalue weighted by Crippen LogP contribution is -2.19. The fourth-order valence-electron chi connectivity index (χ4n) is 1.15. The zero-order chi connectivity index (χ0) is 9.68. The van der Waals surface area contributed by atoms with Crippen molar-refractivity contribution in [2.24, 2.45) is 5.73 Å². The highest BCUT2D eigenvalue weighted by atomic mass is 35.5. The maximum absolute atomic E-state index is 5.76. The highest BCUT2D eigenvalue weighted by molar-refractivity contribution is 6.30. The molecule has 0 fully saturated rings. The van der Waals surface area contributed by atoms with Crippen LogP contribution in [0.1, 0.15) is 13.3 Å². The predicted molar refractivity (Wildman–Crippen MR) is 58.2 cm³/mol. The van der Waals surface area contributed by atoms with Crippen LogP contribution in [0.25, 0.3) is 0 Å². The van der Waals surface area contributed by atoms with Crippen molar-refractivity contribution in [1.82, 2.24) is 0 Å². The van der Waals surface area contributed by atoms with Crippen LogP contribution >= 0.6 is 11.6 Å². The zero-order valence-corrected chi connectivity index (χ0v) is 8.51. The van der Waals surface area contributed by atoms with Gasteiger partial charge in [0.25, 0.3) is 0 Å². The first-order valence-corrected chi connectivity index (χ1v) is 4.82. The molecule has 1 unspecified atom stereocenters. The Balaban J connectivity index is 2.49. The molecule has 72 valence electrons. The van der Waals surface area contributed by atoms with Crippen molar-refractivity contribution in [1.29, 1.82) is 0 Å². The first kappa shape index (κ1) is 10.4. The third-order valence-electron chi connectivity index (χ3n) is 1.86. The Morgan fingerprint density at radius 3 is 2.54 bits per heavy atom. The summed E-state index contributed by atoms with van der Waals surface area (Å²) in [4.78, 5) is 0. The van der Waals surface area contributed by atoms with Crippen LogP contribution in [0.15, 0.2) is 24.3 Å². The van der Waals surface area contributed by atoms with Gasteiger partial charge in [0.2, 0.25) is 0 Å². The molecule has 0 saturated carbocycles. The summed E-state index contributed by atoms with van der Waals surface area (Å²) < 4.78 is 0. The SMILES string of the molecule is CC(CCN)Nc1ccc(Cl)cc1. The topological polar surface area (TPSA) is 38.0 Å². The molecule has 1 atom stereocenters. The molecule has 2 nitrogen and oxygen atoms in total. The van der Waals surface area contributed by atoms with Crippen molar-refractivity contribution < 1.29 is 0 Å². The van der Waals surface area contributed by atoms with E-state index in [1.807, 2.05) is 24.3 Å². The van der Waals surface area contributed by atoms with E-state index >= 15 is 0 Å². The second-order valence-electron chi connectivity index (χ2n) is 3.13. The molecular formula is C10H15ClN2. The minimum atomic E-state index is 0.408. The Bertz CT molecular complexity index is 246. The molecule has 3 heteroatoms. The van der Waals surface area contributed by atoms with Gasteiger partial charge in [0.15, 0.2) is 0 Å². The Kier molecular flexibility index (Phi) is 4.06. The molecule has 0 amide bonds. The molecule has 0 saturated heterocycles. The van der Waals surface area contributed by atoms with E-state index in [-0.39, 0.29) is 0 Å². The molecule has 1 aromatic carbocycles. The van der Waals surface area contributed by atoms with Crippen molar-refractivity contribution in [3.8, 4) is 0 Å². The Hall–Kier alpha value is -0.730.